The van der Waals surface area contributed by atoms with Crippen molar-refractivity contribution in [2.45, 2.75) is 44.7 Å². The summed E-state index contributed by atoms with van der Waals surface area (Å²) in [5.41, 5.74) is 5.66. The maximum atomic E-state index is 12.6. The van der Waals surface area contributed by atoms with Crippen molar-refractivity contribution < 1.29 is 18.0 Å². The van der Waals surface area contributed by atoms with Crippen molar-refractivity contribution in [1.82, 2.24) is 4.90 Å². The van der Waals surface area contributed by atoms with Crippen LogP contribution in [0.4, 0.5) is 13.2 Å². The van der Waals surface area contributed by atoms with E-state index in [2.05, 4.69) is 0 Å². The van der Waals surface area contributed by atoms with E-state index in [0.717, 1.165) is 25.7 Å². The molecule has 0 spiro atoms. The highest BCUT2D eigenvalue weighted by Gasteiger charge is 2.42. The van der Waals surface area contributed by atoms with Gasteiger partial charge in [-0.25, -0.2) is 0 Å². The number of rotatable bonds is 2. The lowest BCUT2D eigenvalue weighted by Crippen LogP contribution is -2.45. The highest BCUT2D eigenvalue weighted by atomic mass is 19.4. The maximum absolute atomic E-state index is 12.6. The molecule has 0 aromatic carbocycles. The average Bonchev–Trinajstić information content (AvgIpc) is 2.46. The molecule has 2 aliphatic rings. The third-order valence-electron chi connectivity index (χ3n) is 4.73. The van der Waals surface area contributed by atoms with Crippen molar-refractivity contribution >= 4 is 5.91 Å². The zero-order valence-corrected chi connectivity index (χ0v) is 11.7. The summed E-state index contributed by atoms with van der Waals surface area (Å²) in [6, 6.07) is 0. The molecule has 0 aromatic rings. The zero-order valence-electron chi connectivity index (χ0n) is 11.7. The van der Waals surface area contributed by atoms with Crippen molar-refractivity contribution in [3.63, 3.8) is 0 Å². The summed E-state index contributed by atoms with van der Waals surface area (Å²) in [5, 5.41) is 0. The summed E-state index contributed by atoms with van der Waals surface area (Å²) in [6.45, 7) is 1.08. The van der Waals surface area contributed by atoms with E-state index < -0.39 is 12.1 Å². The van der Waals surface area contributed by atoms with E-state index in [0.29, 0.717) is 12.5 Å². The van der Waals surface area contributed by atoms with Gasteiger partial charge in [0, 0.05) is 19.0 Å². The first-order valence-electron chi connectivity index (χ1n) is 7.47. The summed E-state index contributed by atoms with van der Waals surface area (Å²) < 4.78 is 37.8. The Morgan fingerprint density at radius 2 is 1.80 bits per heavy atom. The first-order valence-corrected chi connectivity index (χ1v) is 7.47. The summed E-state index contributed by atoms with van der Waals surface area (Å²) in [5.74, 6) is -0.830. The van der Waals surface area contributed by atoms with E-state index in [-0.39, 0.29) is 37.8 Å². The van der Waals surface area contributed by atoms with E-state index >= 15 is 0 Å². The predicted octanol–water partition coefficient (Wildman–Crippen LogP) is 2.55. The molecule has 1 aliphatic heterocycles. The van der Waals surface area contributed by atoms with Gasteiger partial charge in [-0.05, 0) is 44.6 Å². The number of likely N-dealkylation sites (tertiary alicyclic amines) is 1. The van der Waals surface area contributed by atoms with Crippen LogP contribution in [0.3, 0.4) is 0 Å². The normalized spacial score (nSPS) is 29.5. The van der Waals surface area contributed by atoms with Crippen LogP contribution >= 0.6 is 0 Å². The second kappa shape index (κ2) is 6.33. The van der Waals surface area contributed by atoms with Crippen molar-refractivity contribution in [2.24, 2.45) is 23.5 Å². The van der Waals surface area contributed by atoms with E-state index in [1.54, 1.807) is 4.90 Å². The Bertz CT molecular complexity index is 338. The Morgan fingerprint density at radius 1 is 1.15 bits per heavy atom. The number of amides is 1. The minimum Gasteiger partial charge on any atom is -0.342 e. The molecule has 0 aromatic heterocycles. The monoisotopic (exact) mass is 292 g/mol. The minimum atomic E-state index is -4.12. The van der Waals surface area contributed by atoms with Crippen LogP contribution in [0, 0.1) is 17.8 Å². The predicted molar refractivity (Wildman–Crippen MR) is 69.9 cm³/mol. The van der Waals surface area contributed by atoms with Gasteiger partial charge in [0.1, 0.15) is 0 Å². The zero-order chi connectivity index (χ0) is 14.8. The summed E-state index contributed by atoms with van der Waals surface area (Å²) >= 11 is 0. The van der Waals surface area contributed by atoms with Crippen LogP contribution in [-0.2, 0) is 4.79 Å². The van der Waals surface area contributed by atoms with Crippen LogP contribution in [0.2, 0.25) is 0 Å². The molecule has 2 unspecified atom stereocenters. The van der Waals surface area contributed by atoms with Crippen molar-refractivity contribution in [3.05, 3.63) is 0 Å². The highest BCUT2D eigenvalue weighted by Crippen LogP contribution is 2.35. The fourth-order valence-corrected chi connectivity index (χ4v) is 3.41. The topological polar surface area (TPSA) is 46.3 Å². The molecule has 2 atom stereocenters. The van der Waals surface area contributed by atoms with Crippen molar-refractivity contribution in [3.8, 4) is 0 Å². The second-order valence-corrected chi connectivity index (χ2v) is 6.11. The molecule has 0 bridgehead atoms. The molecule has 116 valence electrons. The molecule has 2 fully saturated rings. The molecule has 2 N–H and O–H groups in total. The van der Waals surface area contributed by atoms with Gasteiger partial charge in [0.2, 0.25) is 5.91 Å². The van der Waals surface area contributed by atoms with Gasteiger partial charge < -0.3 is 10.6 Å². The number of carbonyl (C=O) groups is 1. The maximum Gasteiger partial charge on any atom is 0.391 e. The molecule has 6 heteroatoms. The van der Waals surface area contributed by atoms with Gasteiger partial charge in [-0.3, -0.25) is 4.79 Å². The quantitative estimate of drug-likeness (QED) is 0.850. The third kappa shape index (κ3) is 3.65. The van der Waals surface area contributed by atoms with Crippen molar-refractivity contribution in [2.75, 3.05) is 19.6 Å². The number of nitrogens with two attached hydrogens (primary N) is 1. The number of piperidine rings is 1. The molecule has 0 radical (unpaired) electrons. The molecule has 1 saturated heterocycles. The van der Waals surface area contributed by atoms with Gasteiger partial charge in [-0.2, -0.15) is 13.2 Å². The number of alkyl halides is 3. The molecule has 1 amide bonds. The van der Waals surface area contributed by atoms with E-state index in [4.69, 9.17) is 5.73 Å². The number of hydrogen-bond acceptors (Lipinski definition) is 2. The number of hydrogen-bond donors (Lipinski definition) is 1. The van der Waals surface area contributed by atoms with Crippen molar-refractivity contribution in [1.29, 1.82) is 0 Å². The number of carbonyl (C=O) groups excluding carboxylic acids is 1. The first-order chi connectivity index (χ1) is 9.41. The number of halogens is 3. The van der Waals surface area contributed by atoms with Crippen LogP contribution in [0.15, 0.2) is 0 Å². The van der Waals surface area contributed by atoms with E-state index in [1.807, 2.05) is 0 Å². The van der Waals surface area contributed by atoms with Crippen LogP contribution in [0.25, 0.3) is 0 Å². The smallest absolute Gasteiger partial charge is 0.342 e. The molecule has 20 heavy (non-hydrogen) atoms. The Balaban J connectivity index is 1.85. The summed E-state index contributed by atoms with van der Waals surface area (Å²) in [6.07, 6.45) is -0.314. The minimum absolute atomic E-state index is 0.0280. The van der Waals surface area contributed by atoms with Gasteiger partial charge in [0.25, 0.3) is 0 Å². The number of nitrogens with zero attached hydrogens (tertiary/aromatic N) is 1. The van der Waals surface area contributed by atoms with E-state index in [1.165, 1.54) is 0 Å². The molecule has 2 rings (SSSR count). The fraction of sp³-hybridized carbons (Fsp3) is 0.929. The van der Waals surface area contributed by atoms with Gasteiger partial charge in [-0.1, -0.05) is 6.42 Å². The Morgan fingerprint density at radius 3 is 2.35 bits per heavy atom. The molecule has 1 saturated carbocycles. The average molecular weight is 292 g/mol. The third-order valence-corrected chi connectivity index (χ3v) is 4.73. The lowest BCUT2D eigenvalue weighted by atomic mass is 9.80. The SMILES string of the molecule is NCC1CCCC(C(=O)N2CCC(C(F)(F)F)CC2)C1. The molecule has 1 aliphatic carbocycles. The Kier molecular flexibility index (Phi) is 4.94. The highest BCUT2D eigenvalue weighted by molar-refractivity contribution is 5.79. The molecular formula is C14H23F3N2O. The molecule has 1 heterocycles. The van der Waals surface area contributed by atoms with E-state index in [9.17, 15) is 18.0 Å². The fourth-order valence-electron chi connectivity index (χ4n) is 3.41. The Hall–Kier alpha value is -0.780. The first kappa shape index (κ1) is 15.6. The second-order valence-electron chi connectivity index (χ2n) is 6.11. The van der Waals surface area contributed by atoms with Crippen LogP contribution in [0.1, 0.15) is 38.5 Å². The lowest BCUT2D eigenvalue weighted by molar-refractivity contribution is -0.187. The van der Waals surface area contributed by atoms with Gasteiger partial charge in [0.05, 0.1) is 5.92 Å². The summed E-state index contributed by atoms with van der Waals surface area (Å²) in [7, 11) is 0. The van der Waals surface area contributed by atoms with Gasteiger partial charge in [-0.15, -0.1) is 0 Å². The summed E-state index contributed by atoms with van der Waals surface area (Å²) in [4.78, 5) is 14.0. The standard InChI is InChI=1S/C14H23F3N2O/c15-14(16,17)12-4-6-19(7-5-12)13(20)11-3-1-2-10(8-11)9-18/h10-12H,1-9,18H2. The van der Waals surface area contributed by atoms with Crippen LogP contribution in [-0.4, -0.2) is 36.6 Å². The lowest BCUT2D eigenvalue weighted by Gasteiger charge is -2.37. The molecule has 3 nitrogen and oxygen atoms in total. The largest absolute Gasteiger partial charge is 0.391 e. The van der Waals surface area contributed by atoms with Gasteiger partial charge in [0.15, 0.2) is 0 Å². The Labute approximate surface area is 117 Å². The molecular weight excluding hydrogens is 269 g/mol. The van der Waals surface area contributed by atoms with Crippen LogP contribution in [0.5, 0.6) is 0 Å². The van der Waals surface area contributed by atoms with Crippen LogP contribution < -0.4 is 5.73 Å². The van der Waals surface area contributed by atoms with Gasteiger partial charge >= 0.3 is 6.18 Å².